The van der Waals surface area contributed by atoms with Crippen molar-refractivity contribution in [3.8, 4) is 0 Å². The van der Waals surface area contributed by atoms with E-state index in [2.05, 4.69) is 21.2 Å². The van der Waals surface area contributed by atoms with E-state index in [9.17, 15) is 4.79 Å². The highest BCUT2D eigenvalue weighted by atomic mass is 79.9. The minimum Gasteiger partial charge on any atom is -0.444 e. The van der Waals surface area contributed by atoms with Crippen LogP contribution in [0.4, 0.5) is 10.5 Å². The fourth-order valence-corrected chi connectivity index (χ4v) is 2.78. The zero-order valence-electron chi connectivity index (χ0n) is 13.4. The molecule has 1 aliphatic heterocycles. The van der Waals surface area contributed by atoms with Gasteiger partial charge in [0.1, 0.15) is 5.60 Å². The van der Waals surface area contributed by atoms with Crippen molar-refractivity contribution in [1.82, 2.24) is 10.2 Å². The summed E-state index contributed by atoms with van der Waals surface area (Å²) >= 11 is 3.40. The van der Waals surface area contributed by atoms with E-state index < -0.39 is 5.60 Å². The highest BCUT2D eigenvalue weighted by Gasteiger charge is 2.29. The number of nitrogens with two attached hydrogens (primary N) is 1. The summed E-state index contributed by atoms with van der Waals surface area (Å²) in [6, 6.07) is 6.16. The highest BCUT2D eigenvalue weighted by molar-refractivity contribution is 9.10. The molecule has 0 saturated carbocycles. The van der Waals surface area contributed by atoms with Crippen LogP contribution < -0.4 is 11.1 Å². The van der Waals surface area contributed by atoms with E-state index in [-0.39, 0.29) is 12.1 Å². The molecule has 0 aliphatic carbocycles. The lowest BCUT2D eigenvalue weighted by atomic mass is 10.1. The van der Waals surface area contributed by atoms with Gasteiger partial charge in [-0.05, 0) is 44.9 Å². The summed E-state index contributed by atoms with van der Waals surface area (Å²) in [7, 11) is 0. The third-order valence-electron chi connectivity index (χ3n) is 3.53. The average molecular weight is 370 g/mol. The Kier molecular flexibility index (Phi) is 5.34. The number of ether oxygens (including phenoxy) is 1. The van der Waals surface area contributed by atoms with Crippen LogP contribution in [0.1, 0.15) is 32.8 Å². The Labute approximate surface area is 140 Å². The largest absolute Gasteiger partial charge is 0.444 e. The van der Waals surface area contributed by atoms with Crippen molar-refractivity contribution in [1.29, 1.82) is 0 Å². The van der Waals surface area contributed by atoms with Gasteiger partial charge in [-0.3, -0.25) is 0 Å². The molecule has 1 atom stereocenters. The van der Waals surface area contributed by atoms with Gasteiger partial charge in [0.2, 0.25) is 0 Å². The first-order chi connectivity index (χ1) is 10.2. The maximum atomic E-state index is 12.0. The Morgan fingerprint density at radius 1 is 1.50 bits per heavy atom. The summed E-state index contributed by atoms with van der Waals surface area (Å²) in [5.41, 5.74) is 7.38. The van der Waals surface area contributed by atoms with Crippen molar-refractivity contribution in [2.24, 2.45) is 0 Å². The molecule has 122 valence electrons. The van der Waals surface area contributed by atoms with E-state index >= 15 is 0 Å². The van der Waals surface area contributed by atoms with Crippen LogP contribution in [0.5, 0.6) is 0 Å². The van der Waals surface area contributed by atoms with Crippen LogP contribution in [0.15, 0.2) is 22.7 Å². The normalized spacial score (nSPS) is 18.5. The molecule has 6 heteroatoms. The fraction of sp³-hybridized carbons (Fsp3) is 0.562. The molecule has 0 aromatic heterocycles. The van der Waals surface area contributed by atoms with Gasteiger partial charge in [0.15, 0.2) is 0 Å². The lowest BCUT2D eigenvalue weighted by molar-refractivity contribution is 0.0291. The van der Waals surface area contributed by atoms with Crippen molar-refractivity contribution < 1.29 is 9.53 Å². The number of anilines is 1. The Balaban J connectivity index is 1.82. The van der Waals surface area contributed by atoms with Crippen LogP contribution in [0, 0.1) is 0 Å². The van der Waals surface area contributed by atoms with Crippen LogP contribution in [0.2, 0.25) is 0 Å². The van der Waals surface area contributed by atoms with Crippen LogP contribution in [0.25, 0.3) is 0 Å². The molecule has 1 fully saturated rings. The second kappa shape index (κ2) is 6.87. The van der Waals surface area contributed by atoms with Crippen molar-refractivity contribution in [3.63, 3.8) is 0 Å². The molecule has 2 rings (SSSR count). The number of rotatable bonds is 3. The molecule has 22 heavy (non-hydrogen) atoms. The quantitative estimate of drug-likeness (QED) is 0.803. The Hall–Kier alpha value is -1.27. The van der Waals surface area contributed by atoms with Gasteiger partial charge in [0, 0.05) is 35.8 Å². The Bertz CT molecular complexity index is 543. The maximum absolute atomic E-state index is 12.0. The molecule has 1 amide bonds. The zero-order chi connectivity index (χ0) is 16.3. The number of nitrogen functional groups attached to an aromatic ring is 1. The molecule has 5 nitrogen and oxygen atoms in total. The van der Waals surface area contributed by atoms with Gasteiger partial charge in [-0.15, -0.1) is 0 Å². The predicted octanol–water partition coefficient (Wildman–Crippen LogP) is 3.13. The van der Waals surface area contributed by atoms with Gasteiger partial charge in [-0.2, -0.15) is 0 Å². The third kappa shape index (κ3) is 4.88. The van der Waals surface area contributed by atoms with Crippen LogP contribution in [-0.2, 0) is 11.3 Å². The summed E-state index contributed by atoms with van der Waals surface area (Å²) in [4.78, 5) is 13.8. The molecule has 0 radical (unpaired) electrons. The molecule has 3 N–H and O–H groups in total. The minimum absolute atomic E-state index is 0.236. The maximum Gasteiger partial charge on any atom is 0.410 e. The lowest BCUT2D eigenvalue weighted by Crippen LogP contribution is -2.38. The number of benzene rings is 1. The zero-order valence-corrected chi connectivity index (χ0v) is 14.9. The number of halogens is 1. The molecule has 1 aromatic carbocycles. The van der Waals surface area contributed by atoms with E-state index in [0.717, 1.165) is 28.7 Å². The third-order valence-corrected chi connectivity index (χ3v) is 4.02. The first-order valence-corrected chi connectivity index (χ1v) is 8.29. The summed E-state index contributed by atoms with van der Waals surface area (Å²) in [5.74, 6) is 0. The van der Waals surface area contributed by atoms with Gasteiger partial charge >= 0.3 is 6.09 Å². The van der Waals surface area contributed by atoms with Crippen molar-refractivity contribution in [3.05, 3.63) is 28.2 Å². The molecular formula is C16H24BrN3O2. The monoisotopic (exact) mass is 369 g/mol. The van der Waals surface area contributed by atoms with Gasteiger partial charge < -0.3 is 20.7 Å². The topological polar surface area (TPSA) is 67.6 Å². The molecule has 0 spiro atoms. The summed E-state index contributed by atoms with van der Waals surface area (Å²) in [5, 5.41) is 3.46. The predicted molar refractivity (Wildman–Crippen MR) is 91.6 cm³/mol. The van der Waals surface area contributed by atoms with E-state index in [1.165, 1.54) is 0 Å². The van der Waals surface area contributed by atoms with Gasteiger partial charge in [-0.25, -0.2) is 4.79 Å². The molecule has 0 unspecified atom stereocenters. The number of nitrogens with zero attached hydrogens (tertiary/aromatic N) is 1. The first-order valence-electron chi connectivity index (χ1n) is 7.50. The molecule has 1 aliphatic rings. The van der Waals surface area contributed by atoms with E-state index in [4.69, 9.17) is 10.5 Å². The molecule has 1 saturated heterocycles. The van der Waals surface area contributed by atoms with E-state index in [1.54, 1.807) is 4.90 Å². The fourth-order valence-electron chi connectivity index (χ4n) is 2.40. The average Bonchev–Trinajstić information content (AvgIpc) is 2.84. The molecule has 0 bridgehead atoms. The molecule has 1 aromatic rings. The number of hydrogen-bond acceptors (Lipinski definition) is 4. The Morgan fingerprint density at radius 2 is 2.23 bits per heavy atom. The van der Waals surface area contributed by atoms with Crippen molar-refractivity contribution >= 4 is 27.7 Å². The SMILES string of the molecule is CC(C)(C)OC(=O)N1CC[C@@H](NCc2ccc(Br)cc2N)C1. The second-order valence-corrected chi connectivity index (χ2v) is 7.55. The molecular weight excluding hydrogens is 346 g/mol. The lowest BCUT2D eigenvalue weighted by Gasteiger charge is -2.24. The number of hydrogen-bond donors (Lipinski definition) is 2. The van der Waals surface area contributed by atoms with Crippen molar-refractivity contribution in [2.75, 3.05) is 18.8 Å². The van der Waals surface area contributed by atoms with E-state index in [1.807, 2.05) is 39.0 Å². The van der Waals surface area contributed by atoms with Crippen molar-refractivity contribution in [2.45, 2.75) is 45.4 Å². The number of amides is 1. The summed E-state index contributed by atoms with van der Waals surface area (Å²) < 4.78 is 6.38. The van der Waals surface area contributed by atoms with E-state index in [0.29, 0.717) is 13.1 Å². The van der Waals surface area contributed by atoms with Gasteiger partial charge in [-0.1, -0.05) is 22.0 Å². The standard InChI is InChI=1S/C16H24BrN3O2/c1-16(2,3)22-15(21)20-7-6-13(10-20)19-9-11-4-5-12(17)8-14(11)18/h4-5,8,13,19H,6-7,9-10,18H2,1-3H3/t13-/m1/s1. The molecule has 1 heterocycles. The van der Waals surface area contributed by atoms with Crippen LogP contribution >= 0.6 is 15.9 Å². The number of nitrogens with one attached hydrogen (secondary N) is 1. The van der Waals surface area contributed by atoms with Crippen LogP contribution in [-0.4, -0.2) is 35.7 Å². The highest BCUT2D eigenvalue weighted by Crippen LogP contribution is 2.20. The van der Waals surface area contributed by atoms with Crippen LogP contribution in [0.3, 0.4) is 0 Å². The Morgan fingerprint density at radius 3 is 2.86 bits per heavy atom. The second-order valence-electron chi connectivity index (χ2n) is 6.64. The van der Waals surface area contributed by atoms with Gasteiger partial charge in [0.05, 0.1) is 0 Å². The van der Waals surface area contributed by atoms with Gasteiger partial charge in [0.25, 0.3) is 0 Å². The number of likely N-dealkylation sites (tertiary alicyclic amines) is 1. The summed E-state index contributed by atoms with van der Waals surface area (Å²) in [6.07, 6.45) is 0.690. The minimum atomic E-state index is -0.450. The number of carbonyl (C=O) groups is 1. The smallest absolute Gasteiger partial charge is 0.410 e. The summed E-state index contributed by atoms with van der Waals surface area (Å²) in [6.45, 7) is 7.74. The number of carbonyl (C=O) groups excluding carboxylic acids is 1. The first kappa shape index (κ1) is 17.1.